The van der Waals surface area contributed by atoms with E-state index in [1.807, 2.05) is 12.1 Å². The fourth-order valence-corrected chi connectivity index (χ4v) is 3.96. The minimum atomic E-state index is 0.759. The highest BCUT2D eigenvalue weighted by Crippen LogP contribution is 2.41. The van der Waals surface area contributed by atoms with Gasteiger partial charge >= 0.3 is 0 Å². The smallest absolute Gasteiger partial charge is 0.161 e. The predicted octanol–water partition coefficient (Wildman–Crippen LogP) is 3.99. The van der Waals surface area contributed by atoms with Crippen molar-refractivity contribution in [2.24, 2.45) is 0 Å². The predicted molar refractivity (Wildman–Crippen MR) is 108 cm³/mol. The first kappa shape index (κ1) is 17.7. The monoisotopic (exact) mass is 363 g/mol. The third-order valence-electron chi connectivity index (χ3n) is 5.31. The van der Waals surface area contributed by atoms with Crippen LogP contribution in [0.5, 0.6) is 17.2 Å². The van der Waals surface area contributed by atoms with Crippen LogP contribution < -0.4 is 19.5 Å². The largest absolute Gasteiger partial charge is 0.497 e. The molecular formula is C23H25NO3. The molecule has 2 aromatic carbocycles. The van der Waals surface area contributed by atoms with Gasteiger partial charge in [0.25, 0.3) is 0 Å². The average Bonchev–Trinajstić information content (AvgIpc) is 3.02. The highest BCUT2D eigenvalue weighted by Gasteiger charge is 2.23. The van der Waals surface area contributed by atoms with E-state index in [0.29, 0.717) is 0 Å². The van der Waals surface area contributed by atoms with Crippen LogP contribution in [-0.2, 0) is 6.42 Å². The van der Waals surface area contributed by atoms with Gasteiger partial charge in [0.05, 0.1) is 21.3 Å². The topological polar surface area (TPSA) is 39.7 Å². The fraction of sp³-hybridized carbons (Fsp3) is 0.304. The molecule has 0 aromatic heterocycles. The Morgan fingerprint density at radius 2 is 1.63 bits per heavy atom. The normalized spacial score (nSPS) is 16.0. The Morgan fingerprint density at radius 3 is 2.33 bits per heavy atom. The van der Waals surface area contributed by atoms with Crippen molar-refractivity contribution in [1.29, 1.82) is 0 Å². The van der Waals surface area contributed by atoms with Crippen molar-refractivity contribution < 1.29 is 14.2 Å². The minimum absolute atomic E-state index is 0.759. The molecule has 1 aliphatic carbocycles. The molecule has 1 N–H and O–H groups in total. The summed E-state index contributed by atoms with van der Waals surface area (Å²) in [7, 11) is 5.07. The summed E-state index contributed by atoms with van der Waals surface area (Å²) in [5.74, 6) is 2.40. The second-order valence-corrected chi connectivity index (χ2v) is 6.90. The first-order valence-electron chi connectivity index (χ1n) is 9.26. The van der Waals surface area contributed by atoms with Crippen LogP contribution in [0.15, 0.2) is 53.6 Å². The van der Waals surface area contributed by atoms with E-state index >= 15 is 0 Å². The zero-order valence-corrected chi connectivity index (χ0v) is 16.1. The van der Waals surface area contributed by atoms with Crippen LogP contribution in [0.4, 0.5) is 0 Å². The van der Waals surface area contributed by atoms with Crippen molar-refractivity contribution >= 4 is 5.57 Å². The van der Waals surface area contributed by atoms with Crippen molar-refractivity contribution in [3.63, 3.8) is 0 Å². The Hall–Kier alpha value is -2.72. The lowest BCUT2D eigenvalue weighted by Gasteiger charge is -2.19. The molecule has 1 heterocycles. The van der Waals surface area contributed by atoms with Gasteiger partial charge in [0, 0.05) is 6.54 Å². The molecule has 140 valence electrons. The summed E-state index contributed by atoms with van der Waals surface area (Å²) in [6, 6.07) is 12.5. The van der Waals surface area contributed by atoms with Crippen molar-refractivity contribution in [3.05, 3.63) is 70.3 Å². The van der Waals surface area contributed by atoms with Crippen molar-refractivity contribution in [2.45, 2.75) is 12.8 Å². The zero-order chi connectivity index (χ0) is 18.8. The molecule has 0 amide bonds. The summed E-state index contributed by atoms with van der Waals surface area (Å²) in [5, 5.41) is 3.56. The van der Waals surface area contributed by atoms with E-state index in [1.165, 1.54) is 33.4 Å². The summed E-state index contributed by atoms with van der Waals surface area (Å²) >= 11 is 0. The summed E-state index contributed by atoms with van der Waals surface area (Å²) in [6.07, 6.45) is 4.37. The number of hydrogen-bond acceptors (Lipinski definition) is 4. The third kappa shape index (κ3) is 3.33. The van der Waals surface area contributed by atoms with E-state index in [0.717, 1.165) is 43.2 Å². The van der Waals surface area contributed by atoms with Gasteiger partial charge in [0.15, 0.2) is 11.5 Å². The lowest BCUT2D eigenvalue weighted by molar-refractivity contribution is 0.354. The van der Waals surface area contributed by atoms with E-state index in [4.69, 9.17) is 14.2 Å². The maximum Gasteiger partial charge on any atom is 0.161 e. The second-order valence-electron chi connectivity index (χ2n) is 6.90. The Balaban J connectivity index is 1.96. The molecule has 4 nitrogen and oxygen atoms in total. The first-order chi connectivity index (χ1) is 13.2. The fourth-order valence-electron chi connectivity index (χ4n) is 3.96. The first-order valence-corrected chi connectivity index (χ1v) is 9.26. The van der Waals surface area contributed by atoms with Crippen LogP contribution in [0, 0.1) is 0 Å². The maximum absolute atomic E-state index is 5.60. The van der Waals surface area contributed by atoms with E-state index < -0.39 is 0 Å². The molecule has 0 spiro atoms. The zero-order valence-electron chi connectivity index (χ0n) is 16.1. The molecule has 0 unspecified atom stereocenters. The molecule has 2 bridgehead atoms. The summed E-state index contributed by atoms with van der Waals surface area (Å²) < 4.78 is 16.5. The van der Waals surface area contributed by atoms with Crippen LogP contribution in [-0.4, -0.2) is 34.4 Å². The van der Waals surface area contributed by atoms with Gasteiger partial charge in [-0.15, -0.1) is 0 Å². The van der Waals surface area contributed by atoms with Gasteiger partial charge in [0.1, 0.15) is 5.75 Å². The number of nitrogens with one attached hydrogen (secondary N) is 1. The molecule has 0 atom stereocenters. The molecule has 0 fully saturated rings. The Kier molecular flexibility index (Phi) is 4.90. The van der Waals surface area contributed by atoms with Crippen molar-refractivity contribution in [3.8, 4) is 17.2 Å². The van der Waals surface area contributed by atoms with E-state index in [-0.39, 0.29) is 0 Å². The third-order valence-corrected chi connectivity index (χ3v) is 5.31. The molecule has 2 aliphatic rings. The number of ether oxygens (including phenoxy) is 3. The van der Waals surface area contributed by atoms with Crippen LogP contribution in [0.1, 0.15) is 23.1 Å². The molecule has 27 heavy (non-hydrogen) atoms. The highest BCUT2D eigenvalue weighted by atomic mass is 16.5. The Labute approximate surface area is 160 Å². The van der Waals surface area contributed by atoms with Gasteiger partial charge in [-0.3, -0.25) is 0 Å². The SMILES string of the molecule is COc1ccc(C2=C3C=C(CCNC3)Cc3cc(OC)c(OC)cc32)cc1. The summed E-state index contributed by atoms with van der Waals surface area (Å²) in [6.45, 7) is 1.87. The number of rotatable bonds is 4. The van der Waals surface area contributed by atoms with Gasteiger partial charge < -0.3 is 19.5 Å². The Bertz CT molecular complexity index is 910. The number of hydrogen-bond donors (Lipinski definition) is 1. The van der Waals surface area contributed by atoms with Gasteiger partial charge in [0.2, 0.25) is 0 Å². The van der Waals surface area contributed by atoms with Gasteiger partial charge in [-0.1, -0.05) is 23.8 Å². The maximum atomic E-state index is 5.60. The molecule has 0 saturated heterocycles. The van der Waals surface area contributed by atoms with Crippen LogP contribution in [0.2, 0.25) is 0 Å². The van der Waals surface area contributed by atoms with Crippen molar-refractivity contribution in [2.75, 3.05) is 34.4 Å². The quantitative estimate of drug-likeness (QED) is 0.892. The lowest BCUT2D eigenvalue weighted by Crippen LogP contribution is -2.17. The highest BCUT2D eigenvalue weighted by molar-refractivity contribution is 5.87. The standard InChI is InChI=1S/C23H25NO3/c1-25-19-6-4-16(5-7-19)23-18-11-15(8-9-24-14-18)10-17-12-21(26-2)22(27-3)13-20(17)23/h4-7,11-13,24H,8-10,14H2,1-3H3. The van der Waals surface area contributed by atoms with Gasteiger partial charge in [-0.2, -0.15) is 0 Å². The van der Waals surface area contributed by atoms with E-state index in [1.54, 1.807) is 21.3 Å². The summed E-state index contributed by atoms with van der Waals surface area (Å²) in [4.78, 5) is 0. The molecular weight excluding hydrogens is 338 g/mol. The van der Waals surface area contributed by atoms with Gasteiger partial charge in [-0.25, -0.2) is 0 Å². The van der Waals surface area contributed by atoms with E-state index in [2.05, 4.69) is 35.7 Å². The van der Waals surface area contributed by atoms with Crippen molar-refractivity contribution in [1.82, 2.24) is 5.32 Å². The average molecular weight is 363 g/mol. The molecule has 0 saturated carbocycles. The van der Waals surface area contributed by atoms with Crippen LogP contribution in [0.25, 0.3) is 5.57 Å². The molecule has 2 aromatic rings. The Morgan fingerprint density at radius 1 is 0.889 bits per heavy atom. The molecule has 4 rings (SSSR count). The van der Waals surface area contributed by atoms with Gasteiger partial charge in [-0.05, 0) is 71.5 Å². The molecule has 4 heteroatoms. The molecule has 0 radical (unpaired) electrons. The molecule has 1 aliphatic heterocycles. The van der Waals surface area contributed by atoms with E-state index in [9.17, 15) is 0 Å². The minimum Gasteiger partial charge on any atom is -0.497 e. The van der Waals surface area contributed by atoms with Crippen LogP contribution in [0.3, 0.4) is 0 Å². The number of methoxy groups -OCH3 is 3. The second kappa shape index (κ2) is 7.49. The lowest BCUT2D eigenvalue weighted by atomic mass is 9.89. The number of fused-ring (bicyclic) bond motifs is 2. The number of benzene rings is 2. The summed E-state index contributed by atoms with van der Waals surface area (Å²) in [5.41, 5.74) is 7.69. The van der Waals surface area contributed by atoms with Crippen LogP contribution >= 0.6 is 0 Å².